The van der Waals surface area contributed by atoms with Crippen molar-refractivity contribution in [1.82, 2.24) is 24.6 Å². The Bertz CT molecular complexity index is 1370. The van der Waals surface area contributed by atoms with Crippen molar-refractivity contribution in [2.45, 2.75) is 56.7 Å². The highest BCUT2D eigenvalue weighted by Gasteiger charge is 2.39. The maximum atomic E-state index is 12.9. The lowest BCUT2D eigenvalue weighted by molar-refractivity contribution is -0.147. The van der Waals surface area contributed by atoms with E-state index >= 15 is 0 Å². The molecule has 2 aliphatic rings. The molecule has 12 heteroatoms. The van der Waals surface area contributed by atoms with E-state index < -0.39 is 24.4 Å². The van der Waals surface area contributed by atoms with Gasteiger partial charge in [0.05, 0.1) is 17.6 Å². The molecular weight excluding hydrogens is 513 g/mol. The Hall–Kier alpha value is -3.54. The van der Waals surface area contributed by atoms with E-state index in [9.17, 15) is 27.9 Å². The Morgan fingerprint density at radius 2 is 1.79 bits per heavy atom. The van der Waals surface area contributed by atoms with Crippen molar-refractivity contribution in [3.8, 4) is 0 Å². The van der Waals surface area contributed by atoms with Crippen LogP contribution >= 0.6 is 0 Å². The molecular formula is C27H33F3N6O3. The molecule has 39 heavy (non-hydrogen) atoms. The summed E-state index contributed by atoms with van der Waals surface area (Å²) in [5, 5.41) is 18.0. The first-order valence-corrected chi connectivity index (χ1v) is 13.3. The van der Waals surface area contributed by atoms with Crippen molar-refractivity contribution < 1.29 is 23.1 Å². The molecule has 0 saturated carbocycles. The third-order valence-corrected chi connectivity index (χ3v) is 8.31. The number of amides is 1. The van der Waals surface area contributed by atoms with Gasteiger partial charge in [-0.3, -0.25) is 14.4 Å². The highest BCUT2D eigenvalue weighted by atomic mass is 19.4. The molecule has 3 N–H and O–H groups in total. The van der Waals surface area contributed by atoms with Crippen LogP contribution in [0.5, 0.6) is 0 Å². The third kappa shape index (κ3) is 5.61. The Morgan fingerprint density at radius 3 is 2.38 bits per heavy atom. The second kappa shape index (κ2) is 10.6. The van der Waals surface area contributed by atoms with E-state index in [-0.39, 0.29) is 11.5 Å². The van der Waals surface area contributed by atoms with E-state index in [2.05, 4.69) is 17.2 Å². The molecule has 5 rings (SSSR count). The SMILES string of the molecule is CCC1(n2nc(Nc3ccc(C4CCN(CC(F)(F)F)CC4)cc3)c3c(=O)[nH]ccc32)CCN(C(=O)O)CC1. The van der Waals surface area contributed by atoms with Crippen LogP contribution in [0.3, 0.4) is 0 Å². The molecule has 0 spiro atoms. The number of hydrogen-bond donors (Lipinski definition) is 3. The summed E-state index contributed by atoms with van der Waals surface area (Å²) in [5.41, 5.74) is 1.83. The van der Waals surface area contributed by atoms with Crippen LogP contribution in [0, 0.1) is 0 Å². The van der Waals surface area contributed by atoms with Crippen LogP contribution in [-0.4, -0.2) is 74.7 Å². The van der Waals surface area contributed by atoms with Crippen LogP contribution in [0.25, 0.3) is 10.9 Å². The molecule has 2 saturated heterocycles. The fraction of sp³-hybridized carbons (Fsp3) is 0.519. The van der Waals surface area contributed by atoms with Crippen LogP contribution in [0.4, 0.5) is 29.5 Å². The second-order valence-corrected chi connectivity index (χ2v) is 10.6. The lowest BCUT2D eigenvalue weighted by atomic mass is 9.85. The monoisotopic (exact) mass is 546 g/mol. The largest absolute Gasteiger partial charge is 0.465 e. The van der Waals surface area contributed by atoms with Crippen LogP contribution in [-0.2, 0) is 5.54 Å². The van der Waals surface area contributed by atoms with Crippen molar-refractivity contribution in [3.63, 3.8) is 0 Å². The van der Waals surface area contributed by atoms with Gasteiger partial charge < -0.3 is 20.3 Å². The predicted octanol–water partition coefficient (Wildman–Crippen LogP) is 5.09. The number of halogens is 3. The molecule has 1 aromatic carbocycles. The molecule has 0 aliphatic carbocycles. The number of fused-ring (bicyclic) bond motifs is 1. The Morgan fingerprint density at radius 1 is 1.13 bits per heavy atom. The number of aromatic amines is 1. The lowest BCUT2D eigenvalue weighted by Gasteiger charge is -2.41. The summed E-state index contributed by atoms with van der Waals surface area (Å²) in [6, 6.07) is 9.58. The minimum Gasteiger partial charge on any atom is -0.465 e. The number of H-pyrrole nitrogens is 1. The molecule has 3 aromatic rings. The minimum absolute atomic E-state index is 0.201. The van der Waals surface area contributed by atoms with E-state index in [1.807, 2.05) is 35.0 Å². The molecule has 4 heterocycles. The molecule has 0 bridgehead atoms. The van der Waals surface area contributed by atoms with Gasteiger partial charge in [0.2, 0.25) is 0 Å². The van der Waals surface area contributed by atoms with Crippen LogP contribution < -0.4 is 10.9 Å². The number of carboxylic acid groups (broad SMARTS) is 1. The Balaban J connectivity index is 1.35. The normalized spacial score (nSPS) is 18.9. The number of carbonyl (C=O) groups is 1. The second-order valence-electron chi connectivity index (χ2n) is 10.6. The fourth-order valence-corrected chi connectivity index (χ4v) is 6.01. The quantitative estimate of drug-likeness (QED) is 0.398. The molecule has 0 unspecified atom stereocenters. The summed E-state index contributed by atoms with van der Waals surface area (Å²) in [6.07, 6.45) is -0.246. The zero-order valence-electron chi connectivity index (χ0n) is 21.8. The molecule has 1 amide bonds. The zero-order valence-corrected chi connectivity index (χ0v) is 21.8. The van der Waals surface area contributed by atoms with Crippen LogP contribution in [0.15, 0.2) is 41.3 Å². The standard InChI is InChI=1S/C27H33F3N6O3/c1-2-26(10-15-35(16-11-26)25(38)39)36-21-7-12-31-24(37)22(21)23(33-36)32-20-5-3-18(4-6-20)19-8-13-34(14-9-19)17-27(28,29)30/h3-7,12,19H,2,8-11,13-17H2,1H3,(H,31,37)(H,32,33)(H,38,39). The summed E-state index contributed by atoms with van der Waals surface area (Å²) in [4.78, 5) is 29.9. The van der Waals surface area contributed by atoms with Gasteiger partial charge in [0.15, 0.2) is 5.82 Å². The predicted molar refractivity (Wildman–Crippen MR) is 142 cm³/mol. The fourth-order valence-electron chi connectivity index (χ4n) is 6.01. The summed E-state index contributed by atoms with van der Waals surface area (Å²) in [6.45, 7) is 2.82. The molecule has 0 radical (unpaired) electrons. The van der Waals surface area contributed by atoms with Crippen molar-refractivity contribution >= 4 is 28.5 Å². The lowest BCUT2D eigenvalue weighted by Crippen LogP contribution is -2.47. The van der Waals surface area contributed by atoms with E-state index in [0.717, 1.165) is 17.7 Å². The number of anilines is 2. The van der Waals surface area contributed by atoms with Crippen LogP contribution in [0.1, 0.15) is 50.5 Å². The van der Waals surface area contributed by atoms with Gasteiger partial charge >= 0.3 is 12.3 Å². The van der Waals surface area contributed by atoms with Gasteiger partial charge in [0.1, 0.15) is 5.39 Å². The van der Waals surface area contributed by atoms with E-state index in [1.54, 1.807) is 6.20 Å². The zero-order chi connectivity index (χ0) is 27.8. The Kier molecular flexibility index (Phi) is 7.32. The number of alkyl halides is 3. The molecule has 9 nitrogen and oxygen atoms in total. The average Bonchev–Trinajstić information content (AvgIpc) is 3.29. The van der Waals surface area contributed by atoms with Crippen molar-refractivity contribution in [1.29, 1.82) is 0 Å². The highest BCUT2D eigenvalue weighted by molar-refractivity contribution is 5.91. The third-order valence-electron chi connectivity index (χ3n) is 8.31. The smallest absolute Gasteiger partial charge is 0.407 e. The molecule has 2 fully saturated rings. The van der Waals surface area contributed by atoms with Gasteiger partial charge in [0, 0.05) is 25.0 Å². The van der Waals surface area contributed by atoms with Gasteiger partial charge in [0.25, 0.3) is 5.56 Å². The van der Waals surface area contributed by atoms with E-state index in [0.29, 0.717) is 68.6 Å². The molecule has 2 aliphatic heterocycles. The Labute approximate surface area is 223 Å². The maximum absolute atomic E-state index is 12.9. The number of benzene rings is 1. The van der Waals surface area contributed by atoms with Gasteiger partial charge in [-0.05, 0) is 74.9 Å². The molecule has 2 aromatic heterocycles. The van der Waals surface area contributed by atoms with Gasteiger partial charge in [-0.2, -0.15) is 18.3 Å². The maximum Gasteiger partial charge on any atom is 0.407 e. The summed E-state index contributed by atoms with van der Waals surface area (Å²) in [7, 11) is 0. The number of hydrogen-bond acceptors (Lipinski definition) is 5. The molecule has 0 atom stereocenters. The summed E-state index contributed by atoms with van der Waals surface area (Å²) >= 11 is 0. The number of aromatic nitrogens is 3. The highest BCUT2D eigenvalue weighted by Crippen LogP contribution is 2.38. The van der Waals surface area contributed by atoms with Gasteiger partial charge in [-0.1, -0.05) is 19.1 Å². The molecule has 210 valence electrons. The number of nitrogens with zero attached hydrogens (tertiary/aromatic N) is 4. The topological polar surface area (TPSA) is 106 Å². The van der Waals surface area contributed by atoms with E-state index in [1.165, 1.54) is 9.80 Å². The van der Waals surface area contributed by atoms with Gasteiger partial charge in [-0.15, -0.1) is 0 Å². The number of nitrogens with one attached hydrogen (secondary N) is 2. The average molecular weight is 547 g/mol. The van der Waals surface area contributed by atoms with Crippen molar-refractivity contribution in [2.75, 3.05) is 38.0 Å². The number of pyridine rings is 1. The first kappa shape index (κ1) is 27.0. The van der Waals surface area contributed by atoms with Gasteiger partial charge in [-0.25, -0.2) is 4.79 Å². The number of rotatable bonds is 6. The van der Waals surface area contributed by atoms with Crippen LogP contribution in [0.2, 0.25) is 0 Å². The van der Waals surface area contributed by atoms with Crippen molar-refractivity contribution in [2.24, 2.45) is 0 Å². The first-order chi connectivity index (χ1) is 18.6. The first-order valence-electron chi connectivity index (χ1n) is 13.3. The summed E-state index contributed by atoms with van der Waals surface area (Å²) in [5.74, 6) is 0.626. The number of likely N-dealkylation sites (tertiary alicyclic amines) is 2. The van der Waals surface area contributed by atoms with Crippen molar-refractivity contribution in [3.05, 3.63) is 52.4 Å². The minimum atomic E-state index is -4.17. The van der Waals surface area contributed by atoms with E-state index in [4.69, 9.17) is 5.10 Å². The summed E-state index contributed by atoms with van der Waals surface area (Å²) < 4.78 is 40.0. The number of piperidine rings is 2.